The average Bonchev–Trinajstić information content (AvgIpc) is 2.83. The van der Waals surface area contributed by atoms with E-state index in [1.165, 1.54) is 45.3 Å². The number of rotatable bonds is 3. The first-order valence-electron chi connectivity index (χ1n) is 7.77. The van der Waals surface area contributed by atoms with Crippen LogP contribution < -0.4 is 5.32 Å². The molecule has 1 N–H and O–H groups in total. The summed E-state index contributed by atoms with van der Waals surface area (Å²) in [5.74, 6) is 0.866. The smallest absolute Gasteiger partial charge is 0.0156 e. The lowest BCUT2D eigenvalue weighted by Gasteiger charge is -2.37. The van der Waals surface area contributed by atoms with E-state index in [0.29, 0.717) is 17.0 Å². The van der Waals surface area contributed by atoms with E-state index < -0.39 is 0 Å². The first-order chi connectivity index (χ1) is 8.29. The molecule has 2 fully saturated rings. The molecule has 2 heteroatoms. The lowest BCUT2D eigenvalue weighted by atomic mass is 9.81. The van der Waals surface area contributed by atoms with Crippen LogP contribution in [-0.2, 0) is 0 Å². The second-order valence-electron chi connectivity index (χ2n) is 8.14. The van der Waals surface area contributed by atoms with Gasteiger partial charge in [-0.15, -0.1) is 0 Å². The molecule has 2 heterocycles. The van der Waals surface area contributed by atoms with E-state index >= 15 is 0 Å². The van der Waals surface area contributed by atoms with Gasteiger partial charge in [-0.2, -0.15) is 0 Å². The minimum absolute atomic E-state index is 0.398. The Morgan fingerprint density at radius 2 is 1.67 bits per heavy atom. The molecule has 0 bridgehead atoms. The van der Waals surface area contributed by atoms with Crippen LogP contribution in [0.3, 0.4) is 0 Å². The summed E-state index contributed by atoms with van der Waals surface area (Å²) < 4.78 is 0. The highest BCUT2D eigenvalue weighted by Crippen LogP contribution is 2.35. The topological polar surface area (TPSA) is 15.3 Å². The molecule has 0 spiro atoms. The summed E-state index contributed by atoms with van der Waals surface area (Å²) >= 11 is 0. The van der Waals surface area contributed by atoms with Crippen LogP contribution in [0.5, 0.6) is 0 Å². The van der Waals surface area contributed by atoms with Crippen molar-refractivity contribution in [3.63, 3.8) is 0 Å². The molecule has 0 aliphatic carbocycles. The maximum atomic E-state index is 3.74. The maximum absolute atomic E-state index is 3.74. The summed E-state index contributed by atoms with van der Waals surface area (Å²) in [6, 6.07) is 0.705. The molecule has 0 aromatic carbocycles. The summed E-state index contributed by atoms with van der Waals surface area (Å²) in [5, 5.41) is 3.74. The molecule has 2 rings (SSSR count). The van der Waals surface area contributed by atoms with Crippen LogP contribution in [-0.4, -0.2) is 36.1 Å². The largest absolute Gasteiger partial charge is 0.313 e. The van der Waals surface area contributed by atoms with Gasteiger partial charge < -0.3 is 5.32 Å². The standard InChI is InChI=1S/C16H32N2/c1-15(2,3)14-10-13(12-17-14)11-16(4,5)18-8-6-7-9-18/h13-14,17H,6-12H2,1-5H3. The summed E-state index contributed by atoms with van der Waals surface area (Å²) in [7, 11) is 0. The number of hydrogen-bond donors (Lipinski definition) is 1. The molecular formula is C16H32N2. The highest BCUT2D eigenvalue weighted by Gasteiger charge is 2.37. The fraction of sp³-hybridized carbons (Fsp3) is 1.00. The van der Waals surface area contributed by atoms with Crippen molar-refractivity contribution < 1.29 is 0 Å². The number of nitrogens with zero attached hydrogens (tertiary/aromatic N) is 1. The molecule has 2 nitrogen and oxygen atoms in total. The van der Waals surface area contributed by atoms with Crippen molar-refractivity contribution in [1.29, 1.82) is 0 Å². The first kappa shape index (κ1) is 14.3. The number of hydrogen-bond acceptors (Lipinski definition) is 2. The molecule has 2 saturated heterocycles. The lowest BCUT2D eigenvalue weighted by Crippen LogP contribution is -2.43. The summed E-state index contributed by atoms with van der Waals surface area (Å²) in [6.07, 6.45) is 5.52. The van der Waals surface area contributed by atoms with Crippen LogP contribution >= 0.6 is 0 Å². The van der Waals surface area contributed by atoms with Crippen LogP contribution in [0, 0.1) is 11.3 Å². The van der Waals surface area contributed by atoms with E-state index in [0.717, 1.165) is 5.92 Å². The fourth-order valence-electron chi connectivity index (χ4n) is 3.78. The second kappa shape index (κ2) is 5.13. The lowest BCUT2D eigenvalue weighted by molar-refractivity contribution is 0.124. The maximum Gasteiger partial charge on any atom is 0.0156 e. The van der Waals surface area contributed by atoms with Crippen molar-refractivity contribution in [3.8, 4) is 0 Å². The Morgan fingerprint density at radius 1 is 1.06 bits per heavy atom. The SMILES string of the molecule is CC(C)(C)C1CC(CC(C)(C)N2CCCC2)CN1. The Kier molecular flexibility index (Phi) is 4.08. The third-order valence-corrected chi connectivity index (χ3v) is 5.02. The molecule has 0 amide bonds. The summed E-state index contributed by atoms with van der Waals surface area (Å²) in [4.78, 5) is 2.71. The quantitative estimate of drug-likeness (QED) is 0.829. The van der Waals surface area contributed by atoms with Crippen LogP contribution in [0.25, 0.3) is 0 Å². The van der Waals surface area contributed by atoms with Crippen molar-refractivity contribution in [2.24, 2.45) is 11.3 Å². The molecule has 0 aromatic heterocycles. The molecule has 2 atom stereocenters. The predicted molar refractivity (Wildman–Crippen MR) is 78.9 cm³/mol. The Hall–Kier alpha value is -0.0800. The van der Waals surface area contributed by atoms with Gasteiger partial charge >= 0.3 is 0 Å². The zero-order valence-electron chi connectivity index (χ0n) is 13.1. The first-order valence-corrected chi connectivity index (χ1v) is 7.77. The van der Waals surface area contributed by atoms with Gasteiger partial charge in [0.2, 0.25) is 0 Å². The molecule has 2 aliphatic rings. The highest BCUT2D eigenvalue weighted by molar-refractivity contribution is 4.94. The predicted octanol–water partition coefficient (Wildman–Crippen LogP) is 3.28. The Morgan fingerprint density at radius 3 is 2.17 bits per heavy atom. The van der Waals surface area contributed by atoms with Gasteiger partial charge in [0.25, 0.3) is 0 Å². The van der Waals surface area contributed by atoms with E-state index in [1.807, 2.05) is 0 Å². The molecule has 2 unspecified atom stereocenters. The zero-order chi connectivity index (χ0) is 13.4. The molecule has 2 aliphatic heterocycles. The van der Waals surface area contributed by atoms with Crippen LogP contribution in [0.15, 0.2) is 0 Å². The third kappa shape index (κ3) is 3.27. The summed E-state index contributed by atoms with van der Waals surface area (Å²) in [5.41, 5.74) is 0.808. The van der Waals surface area contributed by atoms with Gasteiger partial charge in [0, 0.05) is 11.6 Å². The Labute approximate surface area is 114 Å². The third-order valence-electron chi connectivity index (χ3n) is 5.02. The van der Waals surface area contributed by atoms with Gasteiger partial charge in [-0.25, -0.2) is 0 Å². The average molecular weight is 252 g/mol. The van der Waals surface area contributed by atoms with E-state index in [4.69, 9.17) is 0 Å². The van der Waals surface area contributed by atoms with Crippen molar-refractivity contribution in [2.75, 3.05) is 19.6 Å². The Balaban J connectivity index is 1.87. The van der Waals surface area contributed by atoms with Gasteiger partial charge in [-0.1, -0.05) is 20.8 Å². The van der Waals surface area contributed by atoms with Crippen LogP contribution in [0.4, 0.5) is 0 Å². The zero-order valence-corrected chi connectivity index (χ0v) is 13.1. The van der Waals surface area contributed by atoms with Crippen molar-refractivity contribution >= 4 is 0 Å². The fourth-order valence-corrected chi connectivity index (χ4v) is 3.78. The van der Waals surface area contributed by atoms with Gasteiger partial charge in [0.15, 0.2) is 0 Å². The van der Waals surface area contributed by atoms with Crippen molar-refractivity contribution in [2.45, 2.75) is 71.9 Å². The minimum atomic E-state index is 0.398. The van der Waals surface area contributed by atoms with E-state index in [-0.39, 0.29) is 0 Å². The number of likely N-dealkylation sites (tertiary alicyclic amines) is 1. The van der Waals surface area contributed by atoms with Gasteiger partial charge in [-0.3, -0.25) is 4.90 Å². The highest BCUT2D eigenvalue weighted by atomic mass is 15.2. The molecule has 18 heavy (non-hydrogen) atoms. The number of nitrogens with one attached hydrogen (secondary N) is 1. The normalized spacial score (nSPS) is 31.2. The van der Waals surface area contributed by atoms with Gasteiger partial charge in [0.1, 0.15) is 0 Å². The molecule has 106 valence electrons. The second-order valence-corrected chi connectivity index (χ2v) is 8.14. The molecule has 0 saturated carbocycles. The van der Waals surface area contributed by atoms with Crippen molar-refractivity contribution in [3.05, 3.63) is 0 Å². The van der Waals surface area contributed by atoms with E-state index in [2.05, 4.69) is 44.8 Å². The molecular weight excluding hydrogens is 220 g/mol. The van der Waals surface area contributed by atoms with Crippen molar-refractivity contribution in [1.82, 2.24) is 10.2 Å². The van der Waals surface area contributed by atoms with Crippen LogP contribution in [0.1, 0.15) is 60.3 Å². The minimum Gasteiger partial charge on any atom is -0.313 e. The van der Waals surface area contributed by atoms with E-state index in [1.54, 1.807) is 0 Å². The monoisotopic (exact) mass is 252 g/mol. The Bertz CT molecular complexity index is 271. The molecule has 0 radical (unpaired) electrons. The molecule has 0 aromatic rings. The van der Waals surface area contributed by atoms with Gasteiger partial charge in [0.05, 0.1) is 0 Å². The van der Waals surface area contributed by atoms with E-state index in [9.17, 15) is 0 Å². The van der Waals surface area contributed by atoms with Crippen LogP contribution in [0.2, 0.25) is 0 Å². The summed E-state index contributed by atoms with van der Waals surface area (Å²) in [6.45, 7) is 15.8. The van der Waals surface area contributed by atoms with Gasteiger partial charge in [-0.05, 0) is 70.5 Å².